The van der Waals surface area contributed by atoms with E-state index in [4.69, 9.17) is 14.2 Å². The Bertz CT molecular complexity index is 658. The third-order valence-electron chi connectivity index (χ3n) is 3.39. The number of methoxy groups -OCH3 is 3. The van der Waals surface area contributed by atoms with E-state index in [1.54, 1.807) is 21.3 Å². The van der Waals surface area contributed by atoms with Gasteiger partial charge in [-0.05, 0) is 12.1 Å². The van der Waals surface area contributed by atoms with Gasteiger partial charge in [-0.2, -0.15) is 0 Å². The lowest BCUT2D eigenvalue weighted by Crippen LogP contribution is -2.10. The SMILES string of the molecule is COc1cc2cc3n(c2c(OC)c1OC)CCN=C3. The molecule has 0 spiro atoms. The summed E-state index contributed by atoms with van der Waals surface area (Å²) in [5, 5.41) is 1.07. The molecular formula is C14H16N2O3. The molecule has 5 heteroatoms. The fraction of sp³-hybridized carbons (Fsp3) is 0.357. The van der Waals surface area contributed by atoms with Gasteiger partial charge in [0.05, 0.1) is 39.1 Å². The lowest BCUT2D eigenvalue weighted by molar-refractivity contribution is 0.326. The number of hydrogen-bond acceptors (Lipinski definition) is 4. The van der Waals surface area contributed by atoms with Crippen LogP contribution in [0.1, 0.15) is 5.69 Å². The summed E-state index contributed by atoms with van der Waals surface area (Å²) >= 11 is 0. The zero-order valence-electron chi connectivity index (χ0n) is 11.3. The first-order valence-corrected chi connectivity index (χ1v) is 6.12. The highest BCUT2D eigenvalue weighted by atomic mass is 16.5. The summed E-state index contributed by atoms with van der Waals surface area (Å²) in [7, 11) is 4.89. The van der Waals surface area contributed by atoms with E-state index >= 15 is 0 Å². The fourth-order valence-corrected chi connectivity index (χ4v) is 2.58. The Morgan fingerprint density at radius 3 is 2.53 bits per heavy atom. The normalized spacial score (nSPS) is 13.4. The minimum absolute atomic E-state index is 0.626. The standard InChI is InChI=1S/C14H16N2O3/c1-17-11-7-9-6-10-8-15-4-5-16(10)12(9)14(19-3)13(11)18-2/h6-8H,4-5H2,1-3H3. The van der Waals surface area contributed by atoms with E-state index in [9.17, 15) is 0 Å². The average Bonchev–Trinajstić information content (AvgIpc) is 2.83. The van der Waals surface area contributed by atoms with E-state index in [0.29, 0.717) is 17.2 Å². The van der Waals surface area contributed by atoms with Crippen molar-refractivity contribution in [3.05, 3.63) is 17.8 Å². The lowest BCUT2D eigenvalue weighted by Gasteiger charge is -2.16. The molecule has 0 aliphatic carbocycles. The van der Waals surface area contributed by atoms with E-state index in [1.807, 2.05) is 12.3 Å². The second-order valence-corrected chi connectivity index (χ2v) is 4.34. The van der Waals surface area contributed by atoms with Crippen molar-refractivity contribution in [1.29, 1.82) is 0 Å². The molecule has 0 saturated carbocycles. The molecule has 0 amide bonds. The number of benzene rings is 1. The van der Waals surface area contributed by atoms with Crippen molar-refractivity contribution in [2.45, 2.75) is 6.54 Å². The molecule has 0 unspecified atom stereocenters. The zero-order chi connectivity index (χ0) is 13.4. The number of aromatic nitrogens is 1. The first-order valence-electron chi connectivity index (χ1n) is 6.12. The van der Waals surface area contributed by atoms with Gasteiger partial charge in [-0.15, -0.1) is 0 Å². The Labute approximate surface area is 111 Å². The largest absolute Gasteiger partial charge is 0.493 e. The molecule has 2 heterocycles. The quantitative estimate of drug-likeness (QED) is 0.849. The molecular weight excluding hydrogens is 244 g/mol. The van der Waals surface area contributed by atoms with Crippen molar-refractivity contribution in [3.8, 4) is 17.2 Å². The van der Waals surface area contributed by atoms with Crippen LogP contribution >= 0.6 is 0 Å². The maximum absolute atomic E-state index is 5.55. The van der Waals surface area contributed by atoms with Crippen LogP contribution in [0.5, 0.6) is 17.2 Å². The lowest BCUT2D eigenvalue weighted by atomic mass is 10.2. The fourth-order valence-electron chi connectivity index (χ4n) is 2.58. The molecule has 1 aliphatic rings. The molecule has 100 valence electrons. The topological polar surface area (TPSA) is 45.0 Å². The molecule has 0 N–H and O–H groups in total. The number of ether oxygens (including phenoxy) is 3. The van der Waals surface area contributed by atoms with Gasteiger partial charge in [0, 0.05) is 18.1 Å². The molecule has 0 atom stereocenters. The maximum atomic E-state index is 5.55. The Morgan fingerprint density at radius 1 is 1.05 bits per heavy atom. The van der Waals surface area contributed by atoms with Gasteiger partial charge in [-0.1, -0.05) is 0 Å². The molecule has 0 saturated heterocycles. The second kappa shape index (κ2) is 4.50. The summed E-state index contributed by atoms with van der Waals surface area (Å²) < 4.78 is 18.5. The van der Waals surface area contributed by atoms with Gasteiger partial charge in [0.25, 0.3) is 0 Å². The van der Waals surface area contributed by atoms with Gasteiger partial charge in [0.2, 0.25) is 5.75 Å². The van der Waals surface area contributed by atoms with Gasteiger partial charge in [-0.3, -0.25) is 4.99 Å². The van der Waals surface area contributed by atoms with Crippen LogP contribution in [-0.2, 0) is 6.54 Å². The third kappa shape index (κ3) is 1.65. The van der Waals surface area contributed by atoms with Gasteiger partial charge in [-0.25, -0.2) is 0 Å². The average molecular weight is 260 g/mol. The summed E-state index contributed by atoms with van der Waals surface area (Å²) in [6, 6.07) is 4.05. The van der Waals surface area contributed by atoms with Crippen LogP contribution in [0.25, 0.3) is 10.9 Å². The van der Waals surface area contributed by atoms with Gasteiger partial charge < -0.3 is 18.8 Å². The highest BCUT2D eigenvalue weighted by Gasteiger charge is 2.21. The van der Waals surface area contributed by atoms with Crippen molar-refractivity contribution in [3.63, 3.8) is 0 Å². The molecule has 1 aliphatic heterocycles. The van der Waals surface area contributed by atoms with Gasteiger partial charge >= 0.3 is 0 Å². The van der Waals surface area contributed by atoms with E-state index in [1.165, 1.54) is 0 Å². The van der Waals surface area contributed by atoms with Crippen LogP contribution in [0.4, 0.5) is 0 Å². The second-order valence-electron chi connectivity index (χ2n) is 4.34. The van der Waals surface area contributed by atoms with Gasteiger partial charge in [0.1, 0.15) is 0 Å². The number of hydrogen-bond donors (Lipinski definition) is 0. The summed E-state index contributed by atoms with van der Waals surface area (Å²) in [6.45, 7) is 1.63. The molecule has 5 nitrogen and oxygen atoms in total. The molecule has 0 radical (unpaired) electrons. The molecule has 19 heavy (non-hydrogen) atoms. The minimum atomic E-state index is 0.626. The van der Waals surface area contributed by atoms with Crippen molar-refractivity contribution < 1.29 is 14.2 Å². The highest BCUT2D eigenvalue weighted by molar-refractivity contribution is 5.97. The Balaban J connectivity index is 2.39. The summed E-state index contributed by atoms with van der Waals surface area (Å²) in [5.41, 5.74) is 2.11. The third-order valence-corrected chi connectivity index (χ3v) is 3.39. The van der Waals surface area contributed by atoms with Crippen molar-refractivity contribution >= 4 is 17.1 Å². The summed E-state index contributed by atoms with van der Waals surface area (Å²) in [5.74, 6) is 2.01. The smallest absolute Gasteiger partial charge is 0.205 e. The molecule has 3 rings (SSSR count). The number of rotatable bonds is 3. The number of fused-ring (bicyclic) bond motifs is 3. The van der Waals surface area contributed by atoms with E-state index in [-0.39, 0.29) is 0 Å². The van der Waals surface area contributed by atoms with Crippen molar-refractivity contribution in [1.82, 2.24) is 4.57 Å². The van der Waals surface area contributed by atoms with Crippen LogP contribution < -0.4 is 14.2 Å². The summed E-state index contributed by atoms with van der Waals surface area (Å²) in [6.07, 6.45) is 1.89. The molecule has 1 aromatic carbocycles. The highest BCUT2D eigenvalue weighted by Crippen LogP contribution is 2.44. The molecule has 0 bridgehead atoms. The van der Waals surface area contributed by atoms with Crippen LogP contribution in [0, 0.1) is 0 Å². The van der Waals surface area contributed by atoms with Crippen LogP contribution in [0.15, 0.2) is 17.1 Å². The maximum Gasteiger partial charge on any atom is 0.205 e. The van der Waals surface area contributed by atoms with Crippen molar-refractivity contribution in [2.24, 2.45) is 4.99 Å². The Hall–Kier alpha value is -2.17. The van der Waals surface area contributed by atoms with Crippen LogP contribution in [0.2, 0.25) is 0 Å². The molecule has 2 aromatic rings. The predicted molar refractivity (Wildman–Crippen MR) is 74.1 cm³/mol. The zero-order valence-corrected chi connectivity index (χ0v) is 11.3. The monoisotopic (exact) mass is 260 g/mol. The molecule has 1 aromatic heterocycles. The first-order chi connectivity index (χ1) is 9.30. The van der Waals surface area contributed by atoms with E-state index < -0.39 is 0 Å². The Kier molecular flexibility index (Phi) is 2.81. The summed E-state index contributed by atoms with van der Waals surface area (Å²) in [4.78, 5) is 4.31. The number of nitrogens with zero attached hydrogens (tertiary/aromatic N) is 2. The van der Waals surface area contributed by atoms with Crippen LogP contribution in [-0.4, -0.2) is 38.7 Å². The minimum Gasteiger partial charge on any atom is -0.493 e. The molecule has 0 fully saturated rings. The number of aliphatic imine (C=N–C) groups is 1. The van der Waals surface area contributed by atoms with Gasteiger partial charge in [0.15, 0.2) is 11.5 Å². The predicted octanol–water partition coefficient (Wildman–Crippen LogP) is 2.10. The van der Waals surface area contributed by atoms with Crippen molar-refractivity contribution in [2.75, 3.05) is 27.9 Å². The Morgan fingerprint density at radius 2 is 1.84 bits per heavy atom. The van der Waals surface area contributed by atoms with Crippen LogP contribution in [0.3, 0.4) is 0 Å². The first kappa shape index (κ1) is 11.9. The van der Waals surface area contributed by atoms with E-state index in [0.717, 1.165) is 29.7 Å². The van der Waals surface area contributed by atoms with E-state index in [2.05, 4.69) is 15.6 Å².